The van der Waals surface area contributed by atoms with Crippen molar-refractivity contribution < 1.29 is 14.7 Å². The highest BCUT2D eigenvalue weighted by atomic mass is 16.3. The Hall–Kier alpha value is -1.88. The average Bonchev–Trinajstić information content (AvgIpc) is 2.82. The van der Waals surface area contributed by atoms with Gasteiger partial charge in [-0.3, -0.25) is 9.59 Å². The van der Waals surface area contributed by atoms with Gasteiger partial charge in [-0.2, -0.15) is 0 Å². The van der Waals surface area contributed by atoms with E-state index in [-0.39, 0.29) is 17.2 Å². The van der Waals surface area contributed by atoms with E-state index in [1.807, 2.05) is 43.0 Å². The monoisotopic (exact) mass is 372 g/mol. The zero-order chi connectivity index (χ0) is 19.5. The molecule has 0 saturated carbocycles. The van der Waals surface area contributed by atoms with Crippen LogP contribution in [0.1, 0.15) is 68.3 Å². The van der Waals surface area contributed by atoms with Crippen LogP contribution in [-0.4, -0.2) is 47.1 Å². The summed E-state index contributed by atoms with van der Waals surface area (Å²) in [5, 5.41) is 12.9. The number of aryl methyl sites for hydroxylation is 1. The number of rotatable bonds is 4. The van der Waals surface area contributed by atoms with Crippen LogP contribution in [0.2, 0.25) is 0 Å². The predicted molar refractivity (Wildman–Crippen MR) is 105 cm³/mol. The number of hydrogen-bond donors (Lipinski definition) is 2. The Balaban J connectivity index is 1.60. The minimum Gasteiger partial charge on any atom is -0.390 e. The van der Waals surface area contributed by atoms with Crippen LogP contribution in [0.5, 0.6) is 0 Å². The molecule has 1 aromatic carbocycles. The van der Waals surface area contributed by atoms with Crippen LogP contribution in [0.25, 0.3) is 0 Å². The Labute approximate surface area is 162 Å². The van der Waals surface area contributed by atoms with Crippen molar-refractivity contribution in [1.82, 2.24) is 10.2 Å². The van der Waals surface area contributed by atoms with Gasteiger partial charge in [-0.15, -0.1) is 0 Å². The first-order valence-corrected chi connectivity index (χ1v) is 10.1. The highest BCUT2D eigenvalue weighted by Gasteiger charge is 2.37. The molecule has 5 nitrogen and oxygen atoms in total. The Morgan fingerprint density at radius 1 is 1.22 bits per heavy atom. The predicted octanol–water partition coefficient (Wildman–Crippen LogP) is 2.91. The molecule has 0 radical (unpaired) electrons. The van der Waals surface area contributed by atoms with E-state index in [1.54, 1.807) is 0 Å². The van der Waals surface area contributed by atoms with Gasteiger partial charge in [0.1, 0.15) is 0 Å². The van der Waals surface area contributed by atoms with Crippen molar-refractivity contribution in [3.05, 3.63) is 35.4 Å². The summed E-state index contributed by atoms with van der Waals surface area (Å²) in [4.78, 5) is 26.5. The fraction of sp³-hybridized carbons (Fsp3) is 0.636. The van der Waals surface area contributed by atoms with E-state index in [2.05, 4.69) is 5.32 Å². The van der Waals surface area contributed by atoms with Crippen LogP contribution in [-0.2, 0) is 11.2 Å². The number of carbonyl (C=O) groups is 2. The second-order valence-corrected chi connectivity index (χ2v) is 8.90. The fourth-order valence-corrected chi connectivity index (χ4v) is 4.24. The quantitative estimate of drug-likeness (QED) is 0.854. The summed E-state index contributed by atoms with van der Waals surface area (Å²) in [5.41, 5.74) is 1.34. The number of piperidine rings is 1. The lowest BCUT2D eigenvalue weighted by atomic mass is 9.73. The van der Waals surface area contributed by atoms with E-state index in [1.165, 1.54) is 0 Å². The van der Waals surface area contributed by atoms with Gasteiger partial charge in [0.05, 0.1) is 5.60 Å². The highest BCUT2D eigenvalue weighted by molar-refractivity contribution is 5.94. The van der Waals surface area contributed by atoms with E-state index in [0.29, 0.717) is 12.8 Å². The lowest BCUT2D eigenvalue weighted by molar-refractivity contribution is -0.121. The average molecular weight is 373 g/mol. The molecule has 2 amide bonds. The molecule has 3 rings (SSSR count). The number of aliphatic hydroxyl groups is 1. The maximum absolute atomic E-state index is 13.0. The van der Waals surface area contributed by atoms with Gasteiger partial charge >= 0.3 is 0 Å². The SMILES string of the molecule is CC(C)(O)CCc1cccc(C(=O)N2CCC3(CCNC(=O)CC3)CC2)c1. The first-order valence-electron chi connectivity index (χ1n) is 10.1. The van der Waals surface area contributed by atoms with Crippen LogP contribution < -0.4 is 5.32 Å². The standard InChI is InChI=1S/C22H32N2O3/c1-21(2,27)8-6-17-4-3-5-18(16-17)20(26)24-14-11-22(12-15-24)9-7-19(25)23-13-10-22/h3-5,16,27H,6-15H2,1-2H3,(H,23,25). The van der Waals surface area contributed by atoms with Crippen molar-refractivity contribution in [3.8, 4) is 0 Å². The molecule has 0 unspecified atom stereocenters. The number of nitrogens with one attached hydrogen (secondary N) is 1. The van der Waals surface area contributed by atoms with Gasteiger partial charge < -0.3 is 15.3 Å². The van der Waals surface area contributed by atoms with Crippen molar-refractivity contribution in [2.24, 2.45) is 5.41 Å². The van der Waals surface area contributed by atoms with Gasteiger partial charge in [0.15, 0.2) is 0 Å². The topological polar surface area (TPSA) is 69.6 Å². The first-order chi connectivity index (χ1) is 12.8. The van der Waals surface area contributed by atoms with Crippen molar-refractivity contribution in [1.29, 1.82) is 0 Å². The molecule has 0 aromatic heterocycles. The van der Waals surface area contributed by atoms with E-state index in [9.17, 15) is 14.7 Å². The second-order valence-electron chi connectivity index (χ2n) is 8.90. The van der Waals surface area contributed by atoms with Crippen molar-refractivity contribution in [3.63, 3.8) is 0 Å². The van der Waals surface area contributed by atoms with Crippen LogP contribution in [0.4, 0.5) is 0 Å². The smallest absolute Gasteiger partial charge is 0.253 e. The molecule has 1 spiro atoms. The summed E-state index contributed by atoms with van der Waals surface area (Å²) in [6.45, 7) is 5.90. The van der Waals surface area contributed by atoms with Crippen LogP contribution >= 0.6 is 0 Å². The molecular formula is C22H32N2O3. The number of nitrogens with zero attached hydrogens (tertiary/aromatic N) is 1. The number of likely N-dealkylation sites (tertiary alicyclic amines) is 1. The fourth-order valence-electron chi connectivity index (χ4n) is 4.24. The molecule has 148 valence electrons. The van der Waals surface area contributed by atoms with E-state index in [0.717, 1.165) is 62.9 Å². The summed E-state index contributed by atoms with van der Waals surface area (Å²) in [6.07, 6.45) is 5.95. The summed E-state index contributed by atoms with van der Waals surface area (Å²) >= 11 is 0. The van der Waals surface area contributed by atoms with Crippen molar-refractivity contribution in [2.75, 3.05) is 19.6 Å². The number of benzene rings is 1. The molecular weight excluding hydrogens is 340 g/mol. The molecule has 2 heterocycles. The maximum atomic E-state index is 13.0. The molecule has 2 aliphatic rings. The van der Waals surface area contributed by atoms with Crippen molar-refractivity contribution in [2.45, 2.75) is 64.4 Å². The molecule has 1 aromatic rings. The normalized spacial score (nSPS) is 20.3. The van der Waals surface area contributed by atoms with Gasteiger partial charge in [-0.25, -0.2) is 0 Å². The van der Waals surface area contributed by atoms with E-state index < -0.39 is 5.60 Å². The third kappa shape index (κ3) is 5.32. The van der Waals surface area contributed by atoms with E-state index >= 15 is 0 Å². The van der Waals surface area contributed by atoms with Crippen LogP contribution in [0.3, 0.4) is 0 Å². The van der Waals surface area contributed by atoms with Gasteiger partial charge in [0.25, 0.3) is 5.91 Å². The molecule has 27 heavy (non-hydrogen) atoms. The third-order valence-corrected chi connectivity index (χ3v) is 6.17. The molecule has 0 bridgehead atoms. The molecule has 2 fully saturated rings. The van der Waals surface area contributed by atoms with Gasteiger partial charge in [0, 0.05) is 31.6 Å². The lowest BCUT2D eigenvalue weighted by Gasteiger charge is -2.41. The Kier molecular flexibility index (Phi) is 5.89. The van der Waals surface area contributed by atoms with Crippen molar-refractivity contribution >= 4 is 11.8 Å². The first kappa shape index (κ1) is 19.9. The largest absolute Gasteiger partial charge is 0.390 e. The molecule has 0 atom stereocenters. The Bertz CT molecular complexity index is 685. The number of hydrogen-bond acceptors (Lipinski definition) is 3. The summed E-state index contributed by atoms with van der Waals surface area (Å²) < 4.78 is 0. The minimum atomic E-state index is -0.698. The maximum Gasteiger partial charge on any atom is 0.253 e. The zero-order valence-corrected chi connectivity index (χ0v) is 16.6. The second kappa shape index (κ2) is 8.01. The Morgan fingerprint density at radius 2 is 1.96 bits per heavy atom. The zero-order valence-electron chi connectivity index (χ0n) is 16.6. The number of amides is 2. The van der Waals surface area contributed by atoms with Crippen LogP contribution in [0, 0.1) is 5.41 Å². The molecule has 0 aliphatic carbocycles. The van der Waals surface area contributed by atoms with Gasteiger partial charge in [-0.05, 0) is 75.5 Å². The van der Waals surface area contributed by atoms with Gasteiger partial charge in [-0.1, -0.05) is 12.1 Å². The molecule has 2 N–H and O–H groups in total. The Morgan fingerprint density at radius 3 is 2.67 bits per heavy atom. The van der Waals surface area contributed by atoms with Crippen LogP contribution in [0.15, 0.2) is 24.3 Å². The lowest BCUT2D eigenvalue weighted by Crippen LogP contribution is -2.43. The summed E-state index contributed by atoms with van der Waals surface area (Å²) in [7, 11) is 0. The third-order valence-electron chi connectivity index (χ3n) is 6.17. The molecule has 2 saturated heterocycles. The number of carbonyl (C=O) groups excluding carboxylic acids is 2. The van der Waals surface area contributed by atoms with E-state index in [4.69, 9.17) is 0 Å². The molecule has 5 heteroatoms. The molecule has 2 aliphatic heterocycles. The summed E-state index contributed by atoms with van der Waals surface area (Å²) in [5.74, 6) is 0.256. The van der Waals surface area contributed by atoms with Gasteiger partial charge in [0.2, 0.25) is 5.91 Å². The minimum absolute atomic E-state index is 0.0952. The highest BCUT2D eigenvalue weighted by Crippen LogP contribution is 2.40. The summed E-state index contributed by atoms with van der Waals surface area (Å²) in [6, 6.07) is 7.80.